The normalized spacial score (nSPS) is 25.7. The Bertz CT molecular complexity index is 185. The quantitative estimate of drug-likeness (QED) is 0.624. The maximum atomic E-state index is 12.3. The van der Waals surface area contributed by atoms with E-state index in [0.29, 0.717) is 0 Å². The first kappa shape index (κ1) is 8.39. The van der Waals surface area contributed by atoms with Gasteiger partial charge >= 0.3 is 5.97 Å². The minimum absolute atomic E-state index is 0.605. The van der Waals surface area contributed by atoms with Crippen molar-refractivity contribution in [3.8, 4) is 0 Å². The van der Waals surface area contributed by atoms with Gasteiger partial charge in [0.05, 0.1) is 0 Å². The van der Waals surface area contributed by atoms with Crippen LogP contribution in [0.3, 0.4) is 0 Å². The van der Waals surface area contributed by atoms with Crippen LogP contribution < -0.4 is 5.32 Å². The van der Waals surface area contributed by atoms with Gasteiger partial charge in [0.25, 0.3) is 5.92 Å². The van der Waals surface area contributed by atoms with E-state index in [1.807, 2.05) is 0 Å². The van der Waals surface area contributed by atoms with Gasteiger partial charge in [0.15, 0.2) is 0 Å². The van der Waals surface area contributed by atoms with E-state index >= 15 is 0 Å². The van der Waals surface area contributed by atoms with Crippen molar-refractivity contribution in [1.82, 2.24) is 5.32 Å². The number of carbonyl (C=O) groups is 1. The molecular weight excluding hydrogens is 156 g/mol. The van der Waals surface area contributed by atoms with Crippen molar-refractivity contribution in [2.24, 2.45) is 0 Å². The van der Waals surface area contributed by atoms with Crippen LogP contribution in [0.4, 0.5) is 8.78 Å². The van der Waals surface area contributed by atoms with Crippen molar-refractivity contribution >= 4 is 5.97 Å². The van der Waals surface area contributed by atoms with Gasteiger partial charge in [0.1, 0.15) is 5.54 Å². The molecule has 0 amide bonds. The van der Waals surface area contributed by atoms with Crippen molar-refractivity contribution in [1.29, 1.82) is 0 Å². The van der Waals surface area contributed by atoms with E-state index in [1.165, 1.54) is 7.05 Å². The minimum atomic E-state index is -2.80. The molecule has 0 aromatic rings. The molecule has 11 heavy (non-hydrogen) atoms. The molecule has 0 unspecified atom stereocenters. The number of halogens is 2. The van der Waals surface area contributed by atoms with E-state index in [1.54, 1.807) is 0 Å². The van der Waals surface area contributed by atoms with Gasteiger partial charge in [0, 0.05) is 12.8 Å². The highest BCUT2D eigenvalue weighted by Gasteiger charge is 2.60. The van der Waals surface area contributed by atoms with E-state index in [2.05, 4.69) is 5.32 Å². The average molecular weight is 165 g/mol. The van der Waals surface area contributed by atoms with Crippen molar-refractivity contribution in [3.63, 3.8) is 0 Å². The lowest BCUT2D eigenvalue weighted by Gasteiger charge is -2.43. The predicted molar refractivity (Wildman–Crippen MR) is 33.6 cm³/mol. The number of hydrogen-bond acceptors (Lipinski definition) is 2. The molecule has 1 aliphatic carbocycles. The topological polar surface area (TPSA) is 49.3 Å². The van der Waals surface area contributed by atoms with Crippen molar-refractivity contribution < 1.29 is 18.7 Å². The highest BCUT2D eigenvalue weighted by molar-refractivity contribution is 5.80. The number of carboxylic acid groups (broad SMARTS) is 1. The fraction of sp³-hybridized carbons (Fsp3) is 0.833. The lowest BCUT2D eigenvalue weighted by Crippen LogP contribution is -2.64. The van der Waals surface area contributed by atoms with Crippen molar-refractivity contribution in [2.45, 2.75) is 24.3 Å². The Morgan fingerprint density at radius 3 is 2.09 bits per heavy atom. The van der Waals surface area contributed by atoms with Crippen LogP contribution in [0.15, 0.2) is 0 Å². The van der Waals surface area contributed by atoms with E-state index in [9.17, 15) is 13.6 Å². The number of alkyl halides is 2. The van der Waals surface area contributed by atoms with Gasteiger partial charge in [0.2, 0.25) is 0 Å². The maximum Gasteiger partial charge on any atom is 0.324 e. The summed E-state index contributed by atoms with van der Waals surface area (Å²) in [6.45, 7) is 0. The van der Waals surface area contributed by atoms with Crippen LogP contribution in [-0.4, -0.2) is 29.6 Å². The molecule has 1 aliphatic rings. The molecule has 0 aromatic carbocycles. The molecule has 1 rings (SSSR count). The molecule has 0 spiro atoms. The van der Waals surface area contributed by atoms with Crippen LogP contribution in [0.5, 0.6) is 0 Å². The summed E-state index contributed by atoms with van der Waals surface area (Å²) in [7, 11) is 1.38. The summed E-state index contributed by atoms with van der Waals surface area (Å²) in [6.07, 6.45) is -1.21. The van der Waals surface area contributed by atoms with Gasteiger partial charge in [-0.15, -0.1) is 0 Å². The third kappa shape index (κ3) is 1.20. The summed E-state index contributed by atoms with van der Waals surface area (Å²) in [6, 6.07) is 0. The summed E-state index contributed by atoms with van der Waals surface area (Å²) in [5.74, 6) is -4.01. The molecule has 0 radical (unpaired) electrons. The average Bonchev–Trinajstić information content (AvgIpc) is 1.81. The Morgan fingerprint density at radius 1 is 1.55 bits per heavy atom. The smallest absolute Gasteiger partial charge is 0.324 e. The summed E-state index contributed by atoms with van der Waals surface area (Å²) >= 11 is 0. The lowest BCUT2D eigenvalue weighted by molar-refractivity contribution is -0.176. The number of likely N-dealkylation sites (N-methyl/N-ethyl adjacent to an activating group) is 1. The molecule has 0 bridgehead atoms. The number of rotatable bonds is 2. The summed E-state index contributed by atoms with van der Waals surface area (Å²) in [4.78, 5) is 10.4. The van der Waals surface area contributed by atoms with Gasteiger partial charge in [-0.25, -0.2) is 8.78 Å². The SMILES string of the molecule is CNC1(C(=O)O)CC(F)(F)C1. The maximum absolute atomic E-state index is 12.3. The molecule has 2 N–H and O–H groups in total. The van der Waals surface area contributed by atoms with Crippen molar-refractivity contribution in [2.75, 3.05) is 7.05 Å². The van der Waals surface area contributed by atoms with Crippen molar-refractivity contribution in [3.05, 3.63) is 0 Å². The first-order valence-corrected chi connectivity index (χ1v) is 3.22. The zero-order valence-electron chi connectivity index (χ0n) is 6.03. The van der Waals surface area contributed by atoms with Gasteiger partial charge in [-0.05, 0) is 7.05 Å². The van der Waals surface area contributed by atoms with Crippen LogP contribution in [-0.2, 0) is 4.79 Å². The van der Waals surface area contributed by atoms with E-state index in [0.717, 1.165) is 0 Å². The van der Waals surface area contributed by atoms with Crippen LogP contribution in [0, 0.1) is 0 Å². The molecule has 0 aliphatic heterocycles. The van der Waals surface area contributed by atoms with Crippen LogP contribution in [0.2, 0.25) is 0 Å². The molecule has 0 saturated heterocycles. The Morgan fingerprint density at radius 2 is 2.00 bits per heavy atom. The molecule has 0 atom stereocenters. The van der Waals surface area contributed by atoms with Crippen LogP contribution in [0.1, 0.15) is 12.8 Å². The van der Waals surface area contributed by atoms with E-state index < -0.39 is 30.3 Å². The number of nitrogens with one attached hydrogen (secondary N) is 1. The Balaban J connectivity index is 2.64. The standard InChI is InChI=1S/C6H9F2NO2/c1-9-5(4(10)11)2-6(7,8)3-5/h9H,2-3H2,1H3,(H,10,11). The monoisotopic (exact) mass is 165 g/mol. The Hall–Kier alpha value is -0.710. The molecule has 0 aromatic heterocycles. The molecule has 5 heteroatoms. The van der Waals surface area contributed by atoms with Crippen LogP contribution >= 0.6 is 0 Å². The zero-order chi connectivity index (χ0) is 8.70. The molecule has 64 valence electrons. The predicted octanol–water partition coefficient (Wildman–Crippen LogP) is 0.458. The Kier molecular flexibility index (Phi) is 1.63. The summed E-state index contributed by atoms with van der Waals surface area (Å²) in [5.41, 5.74) is -1.39. The van der Waals surface area contributed by atoms with Gasteiger partial charge in [-0.2, -0.15) is 0 Å². The second-order valence-corrected chi connectivity index (χ2v) is 2.85. The summed E-state index contributed by atoms with van der Waals surface area (Å²) in [5, 5.41) is 10.9. The molecule has 0 heterocycles. The molecule has 1 fully saturated rings. The highest BCUT2D eigenvalue weighted by atomic mass is 19.3. The number of hydrogen-bond donors (Lipinski definition) is 2. The molecular formula is C6H9F2NO2. The van der Waals surface area contributed by atoms with Gasteiger partial charge in [-0.3, -0.25) is 4.79 Å². The molecule has 1 saturated carbocycles. The minimum Gasteiger partial charge on any atom is -0.480 e. The molecule has 3 nitrogen and oxygen atoms in total. The fourth-order valence-corrected chi connectivity index (χ4v) is 1.27. The fourth-order valence-electron chi connectivity index (χ4n) is 1.27. The van der Waals surface area contributed by atoms with Crippen LogP contribution in [0.25, 0.3) is 0 Å². The first-order chi connectivity index (χ1) is 4.92. The number of carboxylic acids is 1. The second-order valence-electron chi connectivity index (χ2n) is 2.85. The zero-order valence-corrected chi connectivity index (χ0v) is 6.03. The second kappa shape index (κ2) is 2.14. The summed E-state index contributed by atoms with van der Waals surface area (Å²) < 4.78 is 24.6. The Labute approximate surface area is 62.4 Å². The first-order valence-electron chi connectivity index (χ1n) is 3.22. The third-order valence-electron chi connectivity index (χ3n) is 2.01. The van der Waals surface area contributed by atoms with Gasteiger partial charge < -0.3 is 10.4 Å². The number of aliphatic carboxylic acids is 1. The van der Waals surface area contributed by atoms with E-state index in [4.69, 9.17) is 5.11 Å². The van der Waals surface area contributed by atoms with Gasteiger partial charge in [-0.1, -0.05) is 0 Å². The lowest BCUT2D eigenvalue weighted by atomic mass is 9.73. The van der Waals surface area contributed by atoms with E-state index in [-0.39, 0.29) is 0 Å². The third-order valence-corrected chi connectivity index (χ3v) is 2.01. The largest absolute Gasteiger partial charge is 0.480 e. The highest BCUT2D eigenvalue weighted by Crippen LogP contribution is 2.45.